The van der Waals surface area contributed by atoms with Crippen molar-refractivity contribution in [2.75, 3.05) is 20.1 Å². The largest absolute Gasteiger partial charge is 0.462 e. The van der Waals surface area contributed by atoms with E-state index >= 15 is 0 Å². The van der Waals surface area contributed by atoms with E-state index in [2.05, 4.69) is 11.9 Å². The lowest BCUT2D eigenvalue weighted by atomic mass is 10.1. The number of carbonyl (C=O) groups is 1. The molecule has 0 spiro atoms. The standard InChI is InChI=1S/C15H21NO2/c1-16-11-9-14(10-12-16)18-15(17)8-7-13-5-3-2-4-6-13/h2-6,14H,7-12H2,1H3. The number of hydrogen-bond donors (Lipinski definition) is 0. The molecule has 1 aliphatic heterocycles. The quantitative estimate of drug-likeness (QED) is 0.764. The Balaban J connectivity index is 1.69. The fourth-order valence-corrected chi connectivity index (χ4v) is 2.24. The number of hydrogen-bond acceptors (Lipinski definition) is 3. The lowest BCUT2D eigenvalue weighted by Gasteiger charge is -2.28. The molecule has 0 saturated carbocycles. The summed E-state index contributed by atoms with van der Waals surface area (Å²) >= 11 is 0. The van der Waals surface area contributed by atoms with Gasteiger partial charge in [0, 0.05) is 19.5 Å². The first kappa shape index (κ1) is 13.1. The predicted molar refractivity (Wildman–Crippen MR) is 71.4 cm³/mol. The van der Waals surface area contributed by atoms with E-state index in [1.165, 1.54) is 5.56 Å². The smallest absolute Gasteiger partial charge is 0.306 e. The first-order valence-electron chi connectivity index (χ1n) is 6.66. The van der Waals surface area contributed by atoms with E-state index in [4.69, 9.17) is 4.74 Å². The minimum atomic E-state index is -0.0617. The van der Waals surface area contributed by atoms with Gasteiger partial charge >= 0.3 is 5.97 Å². The highest BCUT2D eigenvalue weighted by Gasteiger charge is 2.19. The predicted octanol–water partition coefficient (Wildman–Crippen LogP) is 2.26. The van der Waals surface area contributed by atoms with Crippen LogP contribution in [-0.2, 0) is 16.0 Å². The molecule has 1 fully saturated rings. The second kappa shape index (κ2) is 6.55. The number of piperidine rings is 1. The maximum absolute atomic E-state index is 11.7. The van der Waals surface area contributed by atoms with Crippen molar-refractivity contribution in [2.45, 2.75) is 31.8 Å². The van der Waals surface area contributed by atoms with Crippen molar-refractivity contribution in [2.24, 2.45) is 0 Å². The van der Waals surface area contributed by atoms with Crippen LogP contribution in [0.5, 0.6) is 0 Å². The van der Waals surface area contributed by atoms with E-state index in [1.54, 1.807) is 0 Å². The molecule has 0 amide bonds. The van der Waals surface area contributed by atoms with Crippen LogP contribution >= 0.6 is 0 Å². The molecule has 3 heteroatoms. The molecular formula is C15H21NO2. The maximum atomic E-state index is 11.7. The molecule has 1 heterocycles. The Morgan fingerprint density at radius 2 is 1.94 bits per heavy atom. The third-order valence-corrected chi connectivity index (χ3v) is 3.42. The van der Waals surface area contributed by atoms with Crippen molar-refractivity contribution >= 4 is 5.97 Å². The van der Waals surface area contributed by atoms with Gasteiger partial charge in [0.1, 0.15) is 6.10 Å². The Bertz CT molecular complexity index is 369. The van der Waals surface area contributed by atoms with Gasteiger partial charge in [0.05, 0.1) is 0 Å². The average molecular weight is 247 g/mol. The molecule has 3 nitrogen and oxygen atoms in total. The van der Waals surface area contributed by atoms with Crippen LogP contribution in [0.1, 0.15) is 24.8 Å². The van der Waals surface area contributed by atoms with Crippen LogP contribution in [-0.4, -0.2) is 37.1 Å². The minimum absolute atomic E-state index is 0.0617. The molecule has 1 aromatic rings. The van der Waals surface area contributed by atoms with Gasteiger partial charge in [0.2, 0.25) is 0 Å². The van der Waals surface area contributed by atoms with Gasteiger partial charge in [-0.2, -0.15) is 0 Å². The van der Waals surface area contributed by atoms with E-state index in [9.17, 15) is 4.79 Å². The van der Waals surface area contributed by atoms with Crippen molar-refractivity contribution in [3.8, 4) is 0 Å². The summed E-state index contributed by atoms with van der Waals surface area (Å²) in [6, 6.07) is 10.1. The highest BCUT2D eigenvalue weighted by molar-refractivity contribution is 5.69. The van der Waals surface area contributed by atoms with Crippen molar-refractivity contribution in [1.29, 1.82) is 0 Å². The number of esters is 1. The number of benzene rings is 1. The molecule has 1 aromatic carbocycles. The number of nitrogens with zero attached hydrogens (tertiary/aromatic N) is 1. The van der Waals surface area contributed by atoms with Crippen molar-refractivity contribution in [3.05, 3.63) is 35.9 Å². The molecule has 2 rings (SSSR count). The number of ether oxygens (including phenoxy) is 1. The van der Waals surface area contributed by atoms with E-state index in [0.717, 1.165) is 32.4 Å². The zero-order valence-electron chi connectivity index (χ0n) is 11.0. The van der Waals surface area contributed by atoms with E-state index in [0.29, 0.717) is 6.42 Å². The second-order valence-corrected chi connectivity index (χ2v) is 4.98. The molecule has 0 N–H and O–H groups in total. The van der Waals surface area contributed by atoms with E-state index in [-0.39, 0.29) is 12.1 Å². The minimum Gasteiger partial charge on any atom is -0.462 e. The maximum Gasteiger partial charge on any atom is 0.306 e. The zero-order valence-corrected chi connectivity index (χ0v) is 11.0. The molecule has 0 aliphatic carbocycles. The number of rotatable bonds is 4. The van der Waals surface area contributed by atoms with Crippen LogP contribution < -0.4 is 0 Å². The molecule has 0 aromatic heterocycles. The summed E-state index contributed by atoms with van der Waals surface area (Å²) in [5, 5.41) is 0. The number of aryl methyl sites for hydroxylation is 1. The Labute approximate surface area is 109 Å². The summed E-state index contributed by atoms with van der Waals surface area (Å²) in [5.74, 6) is -0.0617. The van der Waals surface area contributed by atoms with Gasteiger partial charge in [-0.25, -0.2) is 0 Å². The summed E-state index contributed by atoms with van der Waals surface area (Å²) in [4.78, 5) is 14.0. The summed E-state index contributed by atoms with van der Waals surface area (Å²) in [6.07, 6.45) is 3.31. The topological polar surface area (TPSA) is 29.5 Å². The first-order valence-corrected chi connectivity index (χ1v) is 6.66. The highest BCUT2D eigenvalue weighted by atomic mass is 16.5. The van der Waals surface area contributed by atoms with Gasteiger partial charge in [-0.3, -0.25) is 4.79 Å². The Hall–Kier alpha value is -1.35. The molecule has 1 aliphatic rings. The average Bonchev–Trinajstić information content (AvgIpc) is 2.40. The van der Waals surface area contributed by atoms with Crippen LogP contribution in [0.3, 0.4) is 0 Å². The van der Waals surface area contributed by atoms with Crippen LogP contribution in [0.4, 0.5) is 0 Å². The van der Waals surface area contributed by atoms with E-state index < -0.39 is 0 Å². The molecule has 0 unspecified atom stereocenters. The molecule has 98 valence electrons. The lowest BCUT2D eigenvalue weighted by molar-refractivity contribution is -0.151. The zero-order chi connectivity index (χ0) is 12.8. The van der Waals surface area contributed by atoms with Crippen LogP contribution in [0.15, 0.2) is 30.3 Å². The van der Waals surface area contributed by atoms with Gasteiger partial charge in [0.25, 0.3) is 0 Å². The van der Waals surface area contributed by atoms with Crippen LogP contribution in [0.2, 0.25) is 0 Å². The third-order valence-electron chi connectivity index (χ3n) is 3.42. The summed E-state index contributed by atoms with van der Waals surface area (Å²) in [5.41, 5.74) is 1.19. The molecular weight excluding hydrogens is 226 g/mol. The van der Waals surface area contributed by atoms with Crippen molar-refractivity contribution in [1.82, 2.24) is 4.90 Å². The van der Waals surface area contributed by atoms with Gasteiger partial charge in [0.15, 0.2) is 0 Å². The molecule has 0 radical (unpaired) electrons. The van der Waals surface area contributed by atoms with Crippen molar-refractivity contribution < 1.29 is 9.53 Å². The molecule has 0 bridgehead atoms. The van der Waals surface area contributed by atoms with Crippen molar-refractivity contribution in [3.63, 3.8) is 0 Å². The number of likely N-dealkylation sites (tertiary alicyclic amines) is 1. The van der Waals surface area contributed by atoms with Gasteiger partial charge in [-0.1, -0.05) is 30.3 Å². The summed E-state index contributed by atoms with van der Waals surface area (Å²) in [7, 11) is 2.10. The normalized spacial score (nSPS) is 17.6. The Morgan fingerprint density at radius 3 is 2.61 bits per heavy atom. The SMILES string of the molecule is CN1CCC(OC(=O)CCc2ccccc2)CC1. The Kier molecular flexibility index (Phi) is 4.76. The van der Waals surface area contributed by atoms with Crippen LogP contribution in [0.25, 0.3) is 0 Å². The third kappa shape index (κ3) is 4.15. The highest BCUT2D eigenvalue weighted by Crippen LogP contribution is 2.13. The molecule has 1 saturated heterocycles. The summed E-state index contributed by atoms with van der Waals surface area (Å²) in [6.45, 7) is 2.05. The van der Waals surface area contributed by atoms with Gasteiger partial charge in [-0.05, 0) is 31.9 Å². The fraction of sp³-hybridized carbons (Fsp3) is 0.533. The fourth-order valence-electron chi connectivity index (χ4n) is 2.24. The summed E-state index contributed by atoms with van der Waals surface area (Å²) < 4.78 is 5.50. The number of carbonyl (C=O) groups excluding carboxylic acids is 1. The van der Waals surface area contributed by atoms with Crippen LogP contribution in [0, 0.1) is 0 Å². The molecule has 0 atom stereocenters. The monoisotopic (exact) mass is 247 g/mol. The second-order valence-electron chi connectivity index (χ2n) is 4.98. The Morgan fingerprint density at radius 1 is 1.28 bits per heavy atom. The van der Waals surface area contributed by atoms with Gasteiger partial charge < -0.3 is 9.64 Å². The van der Waals surface area contributed by atoms with E-state index in [1.807, 2.05) is 30.3 Å². The first-order chi connectivity index (χ1) is 8.74. The molecule has 18 heavy (non-hydrogen) atoms. The van der Waals surface area contributed by atoms with Gasteiger partial charge in [-0.15, -0.1) is 0 Å². The lowest BCUT2D eigenvalue weighted by Crippen LogP contribution is -2.35.